The lowest BCUT2D eigenvalue weighted by molar-refractivity contribution is 0.00209. The number of fused-ring (bicyclic) bond motifs is 3. The molecule has 0 bridgehead atoms. The molecule has 8 nitrogen and oxygen atoms in total. The molecule has 8 heteroatoms. The molecule has 1 aliphatic carbocycles. The molecule has 1 aliphatic heterocycles. The van der Waals surface area contributed by atoms with Crippen molar-refractivity contribution in [1.29, 1.82) is 0 Å². The first kappa shape index (κ1) is 24.6. The predicted octanol–water partition coefficient (Wildman–Crippen LogP) is 4.51. The Hall–Kier alpha value is -4.45. The second kappa shape index (κ2) is 10.6. The van der Waals surface area contributed by atoms with Crippen LogP contribution in [-0.4, -0.2) is 57.5 Å². The van der Waals surface area contributed by atoms with E-state index in [9.17, 15) is 0 Å². The number of nitrogens with one attached hydrogen (secondary N) is 1. The maximum Gasteiger partial charge on any atom is 0.213 e. The number of aryl methyl sites for hydroxylation is 1. The quantitative estimate of drug-likeness (QED) is 0.310. The molecule has 40 heavy (non-hydrogen) atoms. The van der Waals surface area contributed by atoms with Gasteiger partial charge in [0.25, 0.3) is 0 Å². The molecular weight excluding hydrogens is 502 g/mol. The van der Waals surface area contributed by atoms with Crippen LogP contribution in [0.15, 0.2) is 73.3 Å². The highest BCUT2D eigenvalue weighted by Gasteiger charge is 2.33. The van der Waals surface area contributed by atoms with Crippen molar-refractivity contribution in [1.82, 2.24) is 24.8 Å². The van der Waals surface area contributed by atoms with Gasteiger partial charge in [0, 0.05) is 79.5 Å². The van der Waals surface area contributed by atoms with Gasteiger partial charge in [0.15, 0.2) is 0 Å². The van der Waals surface area contributed by atoms with E-state index in [-0.39, 0.29) is 12.2 Å². The smallest absolute Gasteiger partial charge is 0.213 e. The monoisotopic (exact) mass is 531 g/mol. The molecule has 5 heterocycles. The van der Waals surface area contributed by atoms with Crippen molar-refractivity contribution in [3.8, 4) is 34.6 Å². The van der Waals surface area contributed by atoms with Crippen molar-refractivity contribution >= 4 is 21.8 Å². The van der Waals surface area contributed by atoms with E-state index in [1.54, 1.807) is 6.20 Å². The van der Waals surface area contributed by atoms with E-state index >= 15 is 0 Å². The minimum atomic E-state index is 0.0908. The number of rotatable bonds is 7. The molecule has 200 valence electrons. The topological polar surface area (TPSA) is 83.3 Å². The lowest BCUT2D eigenvalue weighted by atomic mass is 9.92. The number of hydrogen-bond donors (Lipinski definition) is 1. The molecule has 0 spiro atoms. The Kier molecular flexibility index (Phi) is 6.52. The van der Waals surface area contributed by atoms with Gasteiger partial charge in [-0.05, 0) is 41.8 Å². The first-order valence-electron chi connectivity index (χ1n) is 13.6. The lowest BCUT2D eigenvalue weighted by Crippen LogP contribution is -2.48. The van der Waals surface area contributed by atoms with Crippen LogP contribution in [0.3, 0.4) is 0 Å². The van der Waals surface area contributed by atoms with Crippen molar-refractivity contribution in [3.63, 3.8) is 0 Å². The van der Waals surface area contributed by atoms with E-state index in [1.165, 1.54) is 16.4 Å². The summed E-state index contributed by atoms with van der Waals surface area (Å²) in [5, 5.41) is 5.54. The summed E-state index contributed by atoms with van der Waals surface area (Å²) in [7, 11) is 2.09. The molecular formula is C32H29N5O3. The molecule has 1 N–H and O–H groups in total. The second-order valence-electron chi connectivity index (χ2n) is 10.3. The fourth-order valence-corrected chi connectivity index (χ4v) is 5.12. The third kappa shape index (κ3) is 4.97. The van der Waals surface area contributed by atoms with Crippen LogP contribution in [0.4, 0.5) is 0 Å². The highest BCUT2D eigenvalue weighted by atomic mass is 16.5. The molecule has 0 radical (unpaired) electrons. The molecule has 1 saturated carbocycles. The zero-order valence-corrected chi connectivity index (χ0v) is 22.2. The van der Waals surface area contributed by atoms with Gasteiger partial charge in [-0.1, -0.05) is 18.1 Å². The van der Waals surface area contributed by atoms with Crippen LogP contribution >= 0.6 is 0 Å². The number of nitrogens with zero attached hydrogens (tertiary/aromatic N) is 4. The van der Waals surface area contributed by atoms with Crippen LogP contribution in [0, 0.1) is 11.8 Å². The summed E-state index contributed by atoms with van der Waals surface area (Å²) in [6.45, 7) is 2.24. The third-order valence-electron chi connectivity index (χ3n) is 7.61. The first-order chi connectivity index (χ1) is 19.7. The van der Waals surface area contributed by atoms with Crippen LogP contribution < -0.4 is 14.8 Å². The number of hydrogen-bond acceptors (Lipinski definition) is 7. The number of aromatic nitrogens is 4. The van der Waals surface area contributed by atoms with Gasteiger partial charge in [-0.2, -0.15) is 0 Å². The van der Waals surface area contributed by atoms with Gasteiger partial charge >= 0.3 is 0 Å². The van der Waals surface area contributed by atoms with Gasteiger partial charge in [-0.3, -0.25) is 4.98 Å². The summed E-state index contributed by atoms with van der Waals surface area (Å²) in [6, 6.07) is 16.3. The summed E-state index contributed by atoms with van der Waals surface area (Å²) >= 11 is 0. The average molecular weight is 532 g/mol. The van der Waals surface area contributed by atoms with Gasteiger partial charge in [-0.25, -0.2) is 9.97 Å². The zero-order chi connectivity index (χ0) is 26.9. The van der Waals surface area contributed by atoms with E-state index < -0.39 is 0 Å². The Morgan fingerprint density at radius 2 is 1.73 bits per heavy atom. The molecule has 4 aromatic heterocycles. The number of benzene rings is 1. The highest BCUT2D eigenvalue weighted by molar-refractivity contribution is 6.08. The predicted molar refractivity (Wildman–Crippen MR) is 153 cm³/mol. The van der Waals surface area contributed by atoms with E-state index in [4.69, 9.17) is 14.2 Å². The van der Waals surface area contributed by atoms with Gasteiger partial charge < -0.3 is 24.1 Å². The Labute approximate surface area is 232 Å². The fraction of sp³-hybridized carbons (Fsp3) is 0.281. The van der Waals surface area contributed by atoms with E-state index in [0.717, 1.165) is 48.2 Å². The zero-order valence-electron chi connectivity index (χ0n) is 22.2. The van der Waals surface area contributed by atoms with Crippen molar-refractivity contribution in [2.75, 3.05) is 19.7 Å². The summed E-state index contributed by atoms with van der Waals surface area (Å²) < 4.78 is 19.9. The minimum Gasteiger partial charge on any atom is -0.489 e. The standard InChI is InChI=1S/C32H29N5O3/c1-37-30-10-11-33-20-29(30)28-8-4-21(13-31(28)37)22-5-9-32(36-16-22)40-26-14-25(15-26)39-24-7-6-23(35-19-24)3-2-12-38-27-17-34-18-27/h4-11,13,16,19-20,25-27,34H,12,14-15,17-18H2,1H3/t25-,26+. The Morgan fingerprint density at radius 3 is 2.50 bits per heavy atom. The van der Waals surface area contributed by atoms with Crippen LogP contribution in [0.2, 0.25) is 0 Å². The largest absolute Gasteiger partial charge is 0.489 e. The molecule has 7 rings (SSSR count). The molecule has 1 aromatic carbocycles. The SMILES string of the molecule is Cn1c2ccncc2c2ccc(-c3ccc(O[C@H]4C[C@@H](Oc5ccc(C#CCOC6CNC6)nc5)C4)nc3)cc21. The molecule has 0 atom stereocenters. The van der Waals surface area contributed by atoms with Gasteiger partial charge in [-0.15, -0.1) is 0 Å². The Morgan fingerprint density at radius 1 is 0.850 bits per heavy atom. The number of pyridine rings is 3. The maximum atomic E-state index is 6.09. The summed E-state index contributed by atoms with van der Waals surface area (Å²) in [6.07, 6.45) is 9.47. The van der Waals surface area contributed by atoms with E-state index in [0.29, 0.717) is 24.3 Å². The van der Waals surface area contributed by atoms with Gasteiger partial charge in [0.05, 0.1) is 17.8 Å². The summed E-state index contributed by atoms with van der Waals surface area (Å²) in [5.41, 5.74) is 5.23. The summed E-state index contributed by atoms with van der Waals surface area (Å²) in [5.74, 6) is 7.41. The number of ether oxygens (including phenoxy) is 3. The molecule has 2 aliphatic rings. The van der Waals surface area contributed by atoms with Crippen LogP contribution in [0.25, 0.3) is 32.9 Å². The fourth-order valence-electron chi connectivity index (χ4n) is 5.12. The molecule has 0 unspecified atom stereocenters. The molecule has 0 amide bonds. The van der Waals surface area contributed by atoms with Crippen molar-refractivity contribution in [2.45, 2.75) is 31.2 Å². The molecule has 5 aromatic rings. The minimum absolute atomic E-state index is 0.0908. The molecule has 1 saturated heterocycles. The highest BCUT2D eigenvalue weighted by Crippen LogP contribution is 2.32. The van der Waals surface area contributed by atoms with Gasteiger partial charge in [0.1, 0.15) is 30.3 Å². The van der Waals surface area contributed by atoms with Gasteiger partial charge in [0.2, 0.25) is 5.88 Å². The third-order valence-corrected chi connectivity index (χ3v) is 7.61. The normalized spacial score (nSPS) is 18.5. The summed E-state index contributed by atoms with van der Waals surface area (Å²) in [4.78, 5) is 13.2. The van der Waals surface area contributed by atoms with E-state index in [2.05, 4.69) is 68.0 Å². The van der Waals surface area contributed by atoms with Crippen molar-refractivity contribution in [3.05, 3.63) is 79.0 Å². The Balaban J connectivity index is 0.912. The van der Waals surface area contributed by atoms with Crippen LogP contribution in [0.5, 0.6) is 11.6 Å². The lowest BCUT2D eigenvalue weighted by Gasteiger charge is -2.34. The average Bonchev–Trinajstić information content (AvgIpc) is 3.23. The Bertz CT molecular complexity index is 1710. The van der Waals surface area contributed by atoms with Crippen molar-refractivity contribution < 1.29 is 14.2 Å². The second-order valence-corrected chi connectivity index (χ2v) is 10.3. The van der Waals surface area contributed by atoms with Crippen LogP contribution in [-0.2, 0) is 11.8 Å². The molecule has 2 fully saturated rings. The van der Waals surface area contributed by atoms with Crippen LogP contribution in [0.1, 0.15) is 18.5 Å². The van der Waals surface area contributed by atoms with E-state index in [1.807, 2.05) is 42.9 Å². The van der Waals surface area contributed by atoms with Crippen molar-refractivity contribution in [2.24, 2.45) is 7.05 Å². The first-order valence-corrected chi connectivity index (χ1v) is 13.6. The maximum absolute atomic E-state index is 6.09.